The smallest absolute Gasteiger partial charge is 0.0281 e. The van der Waals surface area contributed by atoms with Gasteiger partial charge in [0.05, 0.1) is 0 Å². The predicted octanol–water partition coefficient (Wildman–Crippen LogP) is 2.18. The molecule has 2 aliphatic rings. The summed E-state index contributed by atoms with van der Waals surface area (Å²) in [6, 6.07) is 0. The topological polar surface area (TPSA) is 18.5 Å². The summed E-state index contributed by atoms with van der Waals surface area (Å²) in [7, 11) is 2.30. The van der Waals surface area contributed by atoms with Crippen LogP contribution < -0.4 is 5.32 Å². The van der Waals surface area contributed by atoms with Gasteiger partial charge in [-0.05, 0) is 39.8 Å². The van der Waals surface area contributed by atoms with Crippen molar-refractivity contribution in [3.05, 3.63) is 0 Å². The molecule has 0 unspecified atom stereocenters. The molecule has 0 spiro atoms. The number of hydrogen-bond donors (Lipinski definition) is 1. The Balaban J connectivity index is 1.71. The van der Waals surface area contributed by atoms with E-state index in [-0.39, 0.29) is 0 Å². The van der Waals surface area contributed by atoms with Crippen molar-refractivity contribution < 1.29 is 0 Å². The molecule has 1 saturated carbocycles. The van der Waals surface area contributed by atoms with Gasteiger partial charge in [-0.15, -0.1) is 0 Å². The fourth-order valence-corrected chi connectivity index (χ4v) is 3.81. The average Bonchev–Trinajstić information content (AvgIpc) is 2.90. The van der Waals surface area contributed by atoms with Crippen LogP contribution in [0.5, 0.6) is 0 Å². The van der Waals surface area contributed by atoms with Crippen LogP contribution in [0.25, 0.3) is 0 Å². The number of likely N-dealkylation sites (N-methyl/N-ethyl adjacent to an activating group) is 1. The zero-order valence-corrected chi connectivity index (χ0v) is 13.2. The molecule has 0 atom stereocenters. The summed E-state index contributed by atoms with van der Waals surface area (Å²) in [5, 5.41) is 3.45. The first-order chi connectivity index (χ1) is 9.08. The second-order valence-electron chi connectivity index (χ2n) is 7.23. The summed E-state index contributed by atoms with van der Waals surface area (Å²) in [5.74, 6) is 1.02. The van der Waals surface area contributed by atoms with Crippen molar-refractivity contribution in [3.8, 4) is 0 Å². The van der Waals surface area contributed by atoms with E-state index in [0.717, 1.165) is 19.0 Å². The molecule has 0 amide bonds. The van der Waals surface area contributed by atoms with Gasteiger partial charge in [0.15, 0.2) is 0 Å². The Morgan fingerprint density at radius 1 is 1.16 bits per heavy atom. The van der Waals surface area contributed by atoms with Gasteiger partial charge in [0.25, 0.3) is 0 Å². The Bertz CT molecular complexity index is 253. The molecular formula is C16H33N3. The van der Waals surface area contributed by atoms with E-state index in [4.69, 9.17) is 0 Å². The van der Waals surface area contributed by atoms with Crippen LogP contribution in [0.2, 0.25) is 0 Å². The normalized spacial score (nSPS) is 23.4. The second-order valence-corrected chi connectivity index (χ2v) is 7.23. The molecule has 3 heteroatoms. The monoisotopic (exact) mass is 267 g/mol. The molecule has 2 fully saturated rings. The van der Waals surface area contributed by atoms with Gasteiger partial charge in [-0.1, -0.05) is 25.7 Å². The quantitative estimate of drug-likeness (QED) is 0.796. The first-order valence-corrected chi connectivity index (χ1v) is 8.22. The van der Waals surface area contributed by atoms with E-state index in [1.165, 1.54) is 58.3 Å². The Morgan fingerprint density at radius 3 is 2.42 bits per heavy atom. The lowest BCUT2D eigenvalue weighted by Gasteiger charge is -2.43. The molecule has 0 radical (unpaired) electrons. The SMILES string of the molecule is CN(CCC1CCCC1)CC(C)(C)N1CCNCC1. The summed E-state index contributed by atoms with van der Waals surface area (Å²) in [6.07, 6.45) is 7.32. The van der Waals surface area contributed by atoms with Gasteiger partial charge in [-0.25, -0.2) is 0 Å². The van der Waals surface area contributed by atoms with E-state index in [0.29, 0.717) is 5.54 Å². The van der Waals surface area contributed by atoms with E-state index in [2.05, 4.69) is 36.0 Å². The van der Waals surface area contributed by atoms with E-state index in [9.17, 15) is 0 Å². The highest BCUT2D eigenvalue weighted by Crippen LogP contribution is 2.27. The van der Waals surface area contributed by atoms with Gasteiger partial charge < -0.3 is 10.2 Å². The summed E-state index contributed by atoms with van der Waals surface area (Å²) >= 11 is 0. The van der Waals surface area contributed by atoms with Crippen LogP contribution in [-0.2, 0) is 0 Å². The van der Waals surface area contributed by atoms with Crippen LogP contribution >= 0.6 is 0 Å². The van der Waals surface area contributed by atoms with Crippen molar-refractivity contribution in [1.29, 1.82) is 0 Å². The molecule has 0 bridgehead atoms. The molecule has 0 aromatic carbocycles. The van der Waals surface area contributed by atoms with E-state index >= 15 is 0 Å². The number of rotatable bonds is 6. The first kappa shape index (κ1) is 15.3. The molecule has 2 rings (SSSR count). The molecule has 1 N–H and O–H groups in total. The maximum atomic E-state index is 3.45. The van der Waals surface area contributed by atoms with Crippen LogP contribution in [0.15, 0.2) is 0 Å². The van der Waals surface area contributed by atoms with Crippen LogP contribution in [0.3, 0.4) is 0 Å². The summed E-state index contributed by atoms with van der Waals surface area (Å²) in [4.78, 5) is 5.20. The second kappa shape index (κ2) is 7.05. The van der Waals surface area contributed by atoms with Crippen molar-refractivity contribution in [2.75, 3.05) is 46.3 Å². The van der Waals surface area contributed by atoms with Gasteiger partial charge >= 0.3 is 0 Å². The Hall–Kier alpha value is -0.120. The van der Waals surface area contributed by atoms with E-state index in [1.807, 2.05) is 0 Å². The van der Waals surface area contributed by atoms with Crippen LogP contribution in [0.1, 0.15) is 46.0 Å². The molecule has 112 valence electrons. The molecule has 1 saturated heterocycles. The molecule has 0 aromatic heterocycles. The predicted molar refractivity (Wildman–Crippen MR) is 82.6 cm³/mol. The number of nitrogens with zero attached hydrogens (tertiary/aromatic N) is 2. The third kappa shape index (κ3) is 4.73. The highest BCUT2D eigenvalue weighted by atomic mass is 15.3. The molecular weight excluding hydrogens is 234 g/mol. The zero-order valence-electron chi connectivity index (χ0n) is 13.2. The largest absolute Gasteiger partial charge is 0.314 e. The average molecular weight is 267 g/mol. The minimum Gasteiger partial charge on any atom is -0.314 e. The molecule has 0 aromatic rings. The Labute approximate surface area is 119 Å². The molecule has 1 heterocycles. The summed E-state index contributed by atoms with van der Waals surface area (Å²) < 4.78 is 0. The van der Waals surface area contributed by atoms with E-state index in [1.54, 1.807) is 0 Å². The highest BCUT2D eigenvalue weighted by Gasteiger charge is 2.29. The van der Waals surface area contributed by atoms with Crippen molar-refractivity contribution in [2.45, 2.75) is 51.5 Å². The minimum atomic E-state index is 0.312. The van der Waals surface area contributed by atoms with Gasteiger partial charge in [-0.3, -0.25) is 4.90 Å². The van der Waals surface area contributed by atoms with Gasteiger partial charge in [-0.2, -0.15) is 0 Å². The van der Waals surface area contributed by atoms with Crippen LogP contribution in [0, 0.1) is 5.92 Å². The number of nitrogens with one attached hydrogen (secondary N) is 1. The third-order valence-electron chi connectivity index (χ3n) is 5.02. The van der Waals surface area contributed by atoms with Gasteiger partial charge in [0.1, 0.15) is 0 Å². The summed E-state index contributed by atoms with van der Waals surface area (Å²) in [5.41, 5.74) is 0.312. The minimum absolute atomic E-state index is 0.312. The van der Waals surface area contributed by atoms with Crippen molar-refractivity contribution in [2.24, 2.45) is 5.92 Å². The zero-order chi connectivity index (χ0) is 13.7. The Kier molecular flexibility index (Phi) is 5.67. The highest BCUT2D eigenvalue weighted by molar-refractivity contribution is 4.87. The number of hydrogen-bond acceptors (Lipinski definition) is 3. The lowest BCUT2D eigenvalue weighted by molar-refractivity contribution is 0.0698. The lowest BCUT2D eigenvalue weighted by Crippen LogP contribution is -2.57. The molecule has 1 aliphatic carbocycles. The van der Waals surface area contributed by atoms with Gasteiger partial charge in [0, 0.05) is 38.3 Å². The fourth-order valence-electron chi connectivity index (χ4n) is 3.81. The Morgan fingerprint density at radius 2 is 1.79 bits per heavy atom. The van der Waals surface area contributed by atoms with Crippen molar-refractivity contribution in [1.82, 2.24) is 15.1 Å². The lowest BCUT2D eigenvalue weighted by atomic mass is 9.99. The molecule has 1 aliphatic heterocycles. The molecule has 19 heavy (non-hydrogen) atoms. The standard InChI is InChI=1S/C16H33N3/c1-16(2,19-12-9-17-10-13-19)14-18(3)11-8-15-6-4-5-7-15/h15,17H,4-14H2,1-3H3. The third-order valence-corrected chi connectivity index (χ3v) is 5.02. The van der Waals surface area contributed by atoms with Crippen molar-refractivity contribution in [3.63, 3.8) is 0 Å². The first-order valence-electron chi connectivity index (χ1n) is 8.22. The summed E-state index contributed by atoms with van der Waals surface area (Å²) in [6.45, 7) is 12.0. The van der Waals surface area contributed by atoms with Crippen LogP contribution in [0.4, 0.5) is 0 Å². The van der Waals surface area contributed by atoms with Crippen LogP contribution in [-0.4, -0.2) is 61.7 Å². The fraction of sp³-hybridized carbons (Fsp3) is 1.00. The molecule has 3 nitrogen and oxygen atoms in total. The maximum Gasteiger partial charge on any atom is 0.0281 e. The maximum absolute atomic E-state index is 3.45. The van der Waals surface area contributed by atoms with Crippen molar-refractivity contribution >= 4 is 0 Å². The van der Waals surface area contributed by atoms with Gasteiger partial charge in [0.2, 0.25) is 0 Å². The number of piperazine rings is 1. The van der Waals surface area contributed by atoms with E-state index < -0.39 is 0 Å².